The average molecular weight is 468 g/mol. The number of furan rings is 1. The Labute approximate surface area is 194 Å². The van der Waals surface area contributed by atoms with Crippen LogP contribution in [0.15, 0.2) is 51.6 Å². The number of carbonyl (C=O) groups excluding carboxylic acids is 2. The number of rotatable bonds is 9. The molecule has 4 rings (SSSR count). The summed E-state index contributed by atoms with van der Waals surface area (Å²) in [6.07, 6.45) is 3.17. The number of nitrogens with zero attached hydrogens (tertiary/aromatic N) is 2. The molecular weight excluding hydrogens is 442 g/mol. The summed E-state index contributed by atoms with van der Waals surface area (Å²) in [5, 5.41) is 8.02. The number of unbranched alkanes of at least 4 members (excludes halogenated alkanes) is 1. The van der Waals surface area contributed by atoms with Crippen molar-refractivity contribution in [2.24, 2.45) is 0 Å². The maximum absolute atomic E-state index is 12.9. The molecule has 0 bridgehead atoms. The van der Waals surface area contributed by atoms with Gasteiger partial charge in [-0.3, -0.25) is 14.9 Å². The summed E-state index contributed by atoms with van der Waals surface area (Å²) in [5.74, 6) is 0.744. The second-order valence-corrected chi connectivity index (χ2v) is 9.41. The van der Waals surface area contributed by atoms with Crippen LogP contribution < -0.4 is 5.32 Å². The molecule has 0 unspecified atom stereocenters. The lowest BCUT2D eigenvalue weighted by molar-refractivity contribution is -0.129. The van der Waals surface area contributed by atoms with Gasteiger partial charge in [-0.2, -0.15) is 0 Å². The Morgan fingerprint density at radius 1 is 1.16 bits per heavy atom. The van der Waals surface area contributed by atoms with Gasteiger partial charge in [-0.05, 0) is 23.9 Å². The molecule has 4 aromatic rings. The summed E-state index contributed by atoms with van der Waals surface area (Å²) in [6, 6.07) is 11.6. The summed E-state index contributed by atoms with van der Waals surface area (Å²) in [5.41, 5.74) is 2.59. The van der Waals surface area contributed by atoms with E-state index in [9.17, 15) is 9.59 Å². The Kier molecular flexibility index (Phi) is 7.02. The SMILES string of the molecule is CCCCc1oc2ccccc2c1CN(C)C(=O)Cc1csc(NC(=O)c2cccs2)n1. The predicted molar refractivity (Wildman–Crippen MR) is 129 cm³/mol. The van der Waals surface area contributed by atoms with Gasteiger partial charge < -0.3 is 9.32 Å². The van der Waals surface area contributed by atoms with E-state index in [4.69, 9.17) is 4.42 Å². The lowest BCUT2D eigenvalue weighted by atomic mass is 10.1. The van der Waals surface area contributed by atoms with Gasteiger partial charge in [0.2, 0.25) is 5.91 Å². The van der Waals surface area contributed by atoms with E-state index in [1.165, 1.54) is 22.7 Å². The number of fused-ring (bicyclic) bond motifs is 1. The van der Waals surface area contributed by atoms with Crippen LogP contribution in [0, 0.1) is 0 Å². The molecule has 0 spiro atoms. The monoisotopic (exact) mass is 467 g/mol. The number of aromatic nitrogens is 1. The van der Waals surface area contributed by atoms with Crippen LogP contribution in [0.2, 0.25) is 0 Å². The third-order valence-electron chi connectivity index (χ3n) is 5.21. The molecule has 2 amide bonds. The van der Waals surface area contributed by atoms with Crippen molar-refractivity contribution in [1.29, 1.82) is 0 Å². The molecule has 3 heterocycles. The van der Waals surface area contributed by atoms with E-state index in [0.29, 0.717) is 22.2 Å². The first-order chi connectivity index (χ1) is 15.5. The standard InChI is InChI=1S/C24H25N3O3S2/c1-3-4-9-20-18(17-8-5-6-10-19(17)30-20)14-27(2)22(28)13-16-15-32-24(25-16)26-23(29)21-11-7-12-31-21/h5-8,10-12,15H,3-4,9,13-14H2,1-2H3,(H,25,26,29). The summed E-state index contributed by atoms with van der Waals surface area (Å²) in [7, 11) is 1.81. The summed E-state index contributed by atoms with van der Waals surface area (Å²) in [6.45, 7) is 2.64. The number of para-hydroxylation sites is 1. The maximum Gasteiger partial charge on any atom is 0.267 e. The van der Waals surface area contributed by atoms with Gasteiger partial charge in [-0.15, -0.1) is 22.7 Å². The Morgan fingerprint density at radius 3 is 2.78 bits per heavy atom. The van der Waals surface area contributed by atoms with Crippen LogP contribution in [0.3, 0.4) is 0 Å². The minimum atomic E-state index is -0.184. The van der Waals surface area contributed by atoms with Crippen LogP contribution in [-0.2, 0) is 24.2 Å². The Hall–Kier alpha value is -2.97. The average Bonchev–Trinajstić information content (AvgIpc) is 3.53. The van der Waals surface area contributed by atoms with Crippen molar-refractivity contribution in [1.82, 2.24) is 9.88 Å². The topological polar surface area (TPSA) is 75.4 Å². The zero-order chi connectivity index (χ0) is 22.5. The largest absolute Gasteiger partial charge is 0.461 e. The number of hydrogen-bond donors (Lipinski definition) is 1. The first-order valence-electron chi connectivity index (χ1n) is 10.6. The van der Waals surface area contributed by atoms with Gasteiger partial charge in [-0.1, -0.05) is 37.6 Å². The van der Waals surface area contributed by atoms with Crippen molar-refractivity contribution in [3.8, 4) is 0 Å². The zero-order valence-electron chi connectivity index (χ0n) is 18.1. The zero-order valence-corrected chi connectivity index (χ0v) is 19.7. The van der Waals surface area contributed by atoms with Gasteiger partial charge in [0.15, 0.2) is 5.13 Å². The molecule has 0 atom stereocenters. The molecule has 0 fully saturated rings. The normalized spacial score (nSPS) is 11.1. The number of likely N-dealkylation sites (N-methyl/N-ethyl adjacent to an activating group) is 1. The third-order valence-corrected chi connectivity index (χ3v) is 6.89. The van der Waals surface area contributed by atoms with Crippen LogP contribution >= 0.6 is 22.7 Å². The quantitative estimate of drug-likeness (QED) is 0.340. The smallest absolute Gasteiger partial charge is 0.267 e. The molecule has 6 nitrogen and oxygen atoms in total. The molecule has 0 aliphatic carbocycles. The molecule has 0 radical (unpaired) electrons. The molecule has 8 heteroatoms. The predicted octanol–water partition coefficient (Wildman–Crippen LogP) is 5.75. The molecule has 32 heavy (non-hydrogen) atoms. The molecule has 1 N–H and O–H groups in total. The van der Waals surface area contributed by atoms with E-state index in [1.807, 2.05) is 41.1 Å². The number of amides is 2. The number of anilines is 1. The molecule has 166 valence electrons. The number of nitrogens with one attached hydrogen (secondary N) is 1. The number of carbonyl (C=O) groups is 2. The second kappa shape index (κ2) is 10.1. The summed E-state index contributed by atoms with van der Waals surface area (Å²) >= 11 is 2.70. The van der Waals surface area contributed by atoms with Crippen LogP contribution in [0.5, 0.6) is 0 Å². The van der Waals surface area contributed by atoms with Crippen LogP contribution in [0.25, 0.3) is 11.0 Å². The molecule has 1 aromatic carbocycles. The Bertz CT molecular complexity index is 1210. The first-order valence-corrected chi connectivity index (χ1v) is 12.3. The lowest BCUT2D eigenvalue weighted by Gasteiger charge is -2.17. The molecule has 0 aliphatic rings. The fourth-order valence-electron chi connectivity index (χ4n) is 3.49. The highest BCUT2D eigenvalue weighted by Gasteiger charge is 2.19. The molecule has 0 saturated carbocycles. The van der Waals surface area contributed by atoms with Gasteiger partial charge in [0.05, 0.1) is 17.0 Å². The number of aryl methyl sites for hydroxylation is 1. The maximum atomic E-state index is 12.9. The van der Waals surface area contributed by atoms with Crippen LogP contribution in [0.1, 0.15) is 46.5 Å². The second-order valence-electron chi connectivity index (χ2n) is 7.61. The number of thiazole rings is 1. The molecule has 0 aliphatic heterocycles. The van der Waals surface area contributed by atoms with Crippen molar-refractivity contribution in [2.75, 3.05) is 12.4 Å². The van der Waals surface area contributed by atoms with Crippen molar-refractivity contribution in [2.45, 2.75) is 39.2 Å². The van der Waals surface area contributed by atoms with Crippen molar-refractivity contribution >= 4 is 50.6 Å². The third kappa shape index (κ3) is 5.08. The van der Waals surface area contributed by atoms with Gasteiger partial charge in [-0.25, -0.2) is 4.98 Å². The van der Waals surface area contributed by atoms with Gasteiger partial charge in [0.1, 0.15) is 11.3 Å². The van der Waals surface area contributed by atoms with E-state index in [0.717, 1.165) is 41.6 Å². The lowest BCUT2D eigenvalue weighted by Crippen LogP contribution is -2.28. The Morgan fingerprint density at radius 2 is 2.00 bits per heavy atom. The van der Waals surface area contributed by atoms with Gasteiger partial charge in [0, 0.05) is 36.3 Å². The highest BCUT2D eigenvalue weighted by molar-refractivity contribution is 7.14. The van der Waals surface area contributed by atoms with E-state index in [1.54, 1.807) is 18.0 Å². The Balaban J connectivity index is 1.42. The van der Waals surface area contributed by atoms with Crippen LogP contribution in [0.4, 0.5) is 5.13 Å². The highest BCUT2D eigenvalue weighted by Crippen LogP contribution is 2.28. The van der Waals surface area contributed by atoms with E-state index in [-0.39, 0.29) is 18.2 Å². The van der Waals surface area contributed by atoms with Crippen molar-refractivity contribution in [3.63, 3.8) is 0 Å². The summed E-state index contributed by atoms with van der Waals surface area (Å²) < 4.78 is 6.08. The minimum absolute atomic E-state index is 0.0295. The molecule has 3 aromatic heterocycles. The van der Waals surface area contributed by atoms with Crippen LogP contribution in [-0.4, -0.2) is 28.7 Å². The number of hydrogen-bond acceptors (Lipinski definition) is 6. The van der Waals surface area contributed by atoms with Gasteiger partial charge in [0.25, 0.3) is 5.91 Å². The van der Waals surface area contributed by atoms with E-state index in [2.05, 4.69) is 17.2 Å². The van der Waals surface area contributed by atoms with Gasteiger partial charge >= 0.3 is 0 Å². The molecule has 0 saturated heterocycles. The minimum Gasteiger partial charge on any atom is -0.461 e. The fraction of sp³-hybridized carbons (Fsp3) is 0.292. The highest BCUT2D eigenvalue weighted by atomic mass is 32.1. The van der Waals surface area contributed by atoms with Crippen molar-refractivity contribution < 1.29 is 14.0 Å². The van der Waals surface area contributed by atoms with Crippen molar-refractivity contribution in [3.05, 3.63) is 69.1 Å². The first kappa shape index (κ1) is 22.2. The summed E-state index contributed by atoms with van der Waals surface area (Å²) in [4.78, 5) is 31.8. The number of thiophene rings is 1. The van der Waals surface area contributed by atoms with E-state index < -0.39 is 0 Å². The van der Waals surface area contributed by atoms with E-state index >= 15 is 0 Å². The number of benzene rings is 1. The fourth-order valence-corrected chi connectivity index (χ4v) is 4.81. The molecular formula is C24H25N3O3S2.